The molecule has 5 nitrogen and oxygen atoms in total. The van der Waals surface area contributed by atoms with Crippen LogP contribution in [0, 0.1) is 0 Å². The van der Waals surface area contributed by atoms with Crippen LogP contribution in [0.25, 0.3) is 6.08 Å². The largest absolute Gasteiger partial charge is 0.334 e. The standard InChI is InChI=1S/C12H14N2O3S/c1-2-9-13-12(15)14-18(16,17)10-8-11-6-4-3-5-7-11/h2-8,10H,1,9H2,(H2,13,14,15)/b10-8+. The quantitative estimate of drug-likeness (QED) is 0.792. The number of sulfonamides is 1. The Labute approximate surface area is 106 Å². The van der Waals surface area contributed by atoms with Gasteiger partial charge in [0.2, 0.25) is 0 Å². The molecule has 0 radical (unpaired) electrons. The lowest BCUT2D eigenvalue weighted by Gasteiger charge is -2.03. The molecular formula is C12H14N2O3S. The Morgan fingerprint density at radius 3 is 2.56 bits per heavy atom. The van der Waals surface area contributed by atoms with E-state index in [0.29, 0.717) is 0 Å². The molecule has 0 aliphatic heterocycles. The second-order valence-corrected chi connectivity index (χ2v) is 4.93. The normalized spacial score (nSPS) is 11.1. The van der Waals surface area contributed by atoms with Gasteiger partial charge in [-0.1, -0.05) is 36.4 Å². The highest BCUT2D eigenvalue weighted by molar-refractivity contribution is 7.93. The van der Waals surface area contributed by atoms with Gasteiger partial charge in [0, 0.05) is 6.54 Å². The van der Waals surface area contributed by atoms with Gasteiger partial charge < -0.3 is 5.32 Å². The van der Waals surface area contributed by atoms with Gasteiger partial charge in [0.25, 0.3) is 10.0 Å². The first kappa shape index (κ1) is 14.0. The Bertz CT molecular complexity index is 536. The molecule has 6 heteroatoms. The molecule has 0 bridgehead atoms. The molecule has 0 aliphatic carbocycles. The molecule has 0 saturated heterocycles. The summed E-state index contributed by atoms with van der Waals surface area (Å²) in [5.41, 5.74) is 0.731. The number of benzene rings is 1. The van der Waals surface area contributed by atoms with Gasteiger partial charge in [-0.15, -0.1) is 6.58 Å². The highest BCUT2D eigenvalue weighted by Gasteiger charge is 2.09. The topological polar surface area (TPSA) is 75.3 Å². The zero-order valence-electron chi connectivity index (χ0n) is 9.67. The maximum atomic E-state index is 11.5. The zero-order chi connectivity index (χ0) is 13.4. The number of hydrogen-bond acceptors (Lipinski definition) is 3. The lowest BCUT2D eigenvalue weighted by Crippen LogP contribution is -2.38. The lowest BCUT2D eigenvalue weighted by molar-refractivity contribution is 0.247. The molecule has 0 fully saturated rings. The maximum Gasteiger partial charge on any atom is 0.328 e. The molecule has 0 heterocycles. The van der Waals surface area contributed by atoms with Crippen molar-refractivity contribution in [2.75, 3.05) is 6.54 Å². The molecule has 0 aromatic heterocycles. The predicted octanol–water partition coefficient (Wildman–Crippen LogP) is 1.47. The van der Waals surface area contributed by atoms with Crippen LogP contribution in [0.5, 0.6) is 0 Å². The average molecular weight is 266 g/mol. The van der Waals surface area contributed by atoms with E-state index in [4.69, 9.17) is 0 Å². The van der Waals surface area contributed by atoms with Gasteiger partial charge in [-0.2, -0.15) is 0 Å². The van der Waals surface area contributed by atoms with E-state index >= 15 is 0 Å². The van der Waals surface area contributed by atoms with Crippen molar-refractivity contribution >= 4 is 22.1 Å². The number of hydrogen-bond donors (Lipinski definition) is 2. The Balaban J connectivity index is 2.62. The fraction of sp³-hybridized carbons (Fsp3) is 0.0833. The molecule has 96 valence electrons. The third-order valence-electron chi connectivity index (χ3n) is 1.88. The molecule has 18 heavy (non-hydrogen) atoms. The Hall–Kier alpha value is -2.08. The summed E-state index contributed by atoms with van der Waals surface area (Å²) in [6, 6.07) is 8.13. The first-order valence-electron chi connectivity index (χ1n) is 5.18. The van der Waals surface area contributed by atoms with Crippen LogP contribution in [0.4, 0.5) is 4.79 Å². The molecule has 1 aromatic rings. The summed E-state index contributed by atoms with van der Waals surface area (Å²) in [7, 11) is -3.79. The van der Waals surface area contributed by atoms with Crippen molar-refractivity contribution in [2.45, 2.75) is 0 Å². The third kappa shape index (κ3) is 5.31. The van der Waals surface area contributed by atoms with Crippen molar-refractivity contribution in [1.82, 2.24) is 10.0 Å². The van der Waals surface area contributed by atoms with E-state index in [1.54, 1.807) is 24.3 Å². The van der Waals surface area contributed by atoms with Crippen molar-refractivity contribution in [3.8, 4) is 0 Å². The van der Waals surface area contributed by atoms with E-state index in [1.807, 2.05) is 10.8 Å². The summed E-state index contributed by atoms with van der Waals surface area (Å²) in [4.78, 5) is 11.1. The number of carbonyl (C=O) groups is 1. The maximum absolute atomic E-state index is 11.5. The lowest BCUT2D eigenvalue weighted by atomic mass is 10.2. The first-order valence-corrected chi connectivity index (χ1v) is 6.73. The van der Waals surface area contributed by atoms with Gasteiger partial charge >= 0.3 is 6.03 Å². The smallest absolute Gasteiger partial charge is 0.328 e. The number of amides is 2. The highest BCUT2D eigenvalue weighted by atomic mass is 32.2. The van der Waals surface area contributed by atoms with Crippen LogP contribution in [0.1, 0.15) is 5.56 Å². The molecule has 2 N–H and O–H groups in total. The minimum absolute atomic E-state index is 0.198. The van der Waals surface area contributed by atoms with Gasteiger partial charge in [-0.25, -0.2) is 17.9 Å². The fourth-order valence-electron chi connectivity index (χ4n) is 1.10. The molecule has 0 spiro atoms. The van der Waals surface area contributed by atoms with E-state index in [-0.39, 0.29) is 6.54 Å². The van der Waals surface area contributed by atoms with E-state index in [1.165, 1.54) is 12.2 Å². The predicted molar refractivity (Wildman–Crippen MR) is 71.1 cm³/mol. The van der Waals surface area contributed by atoms with Crippen molar-refractivity contribution in [3.05, 3.63) is 54.0 Å². The number of urea groups is 1. The highest BCUT2D eigenvalue weighted by Crippen LogP contribution is 2.02. The average Bonchev–Trinajstić information content (AvgIpc) is 2.35. The molecular weight excluding hydrogens is 252 g/mol. The molecule has 1 rings (SSSR count). The minimum atomic E-state index is -3.79. The van der Waals surface area contributed by atoms with Gasteiger partial charge in [0.1, 0.15) is 0 Å². The van der Waals surface area contributed by atoms with Crippen LogP contribution < -0.4 is 10.0 Å². The summed E-state index contributed by atoms with van der Waals surface area (Å²) in [5, 5.41) is 3.25. The van der Waals surface area contributed by atoms with E-state index < -0.39 is 16.1 Å². The Morgan fingerprint density at radius 2 is 1.94 bits per heavy atom. The monoisotopic (exact) mass is 266 g/mol. The fourth-order valence-corrected chi connectivity index (χ4v) is 1.83. The number of nitrogens with one attached hydrogen (secondary N) is 2. The van der Waals surface area contributed by atoms with E-state index in [0.717, 1.165) is 11.0 Å². The van der Waals surface area contributed by atoms with Crippen molar-refractivity contribution in [3.63, 3.8) is 0 Å². The molecule has 0 atom stereocenters. The van der Waals surface area contributed by atoms with Crippen LogP contribution in [0.15, 0.2) is 48.4 Å². The SMILES string of the molecule is C=CCNC(=O)NS(=O)(=O)/C=C/c1ccccc1. The van der Waals surface area contributed by atoms with Gasteiger partial charge in [-0.05, 0) is 11.6 Å². The molecule has 0 aliphatic rings. The molecule has 2 amide bonds. The third-order valence-corrected chi connectivity index (χ3v) is 2.85. The van der Waals surface area contributed by atoms with Crippen LogP contribution in [0.2, 0.25) is 0 Å². The Morgan fingerprint density at radius 1 is 1.28 bits per heavy atom. The summed E-state index contributed by atoms with van der Waals surface area (Å²) < 4.78 is 24.8. The van der Waals surface area contributed by atoms with Crippen LogP contribution in [-0.4, -0.2) is 21.0 Å². The second kappa shape index (κ2) is 6.61. The van der Waals surface area contributed by atoms with Crippen LogP contribution in [0.3, 0.4) is 0 Å². The van der Waals surface area contributed by atoms with Crippen LogP contribution >= 0.6 is 0 Å². The summed E-state index contributed by atoms with van der Waals surface area (Å²) in [6.07, 6.45) is 2.86. The first-order chi connectivity index (χ1) is 8.53. The minimum Gasteiger partial charge on any atom is -0.334 e. The van der Waals surface area contributed by atoms with E-state index in [9.17, 15) is 13.2 Å². The summed E-state index contributed by atoms with van der Waals surface area (Å²) >= 11 is 0. The summed E-state index contributed by atoms with van der Waals surface area (Å²) in [6.45, 7) is 3.60. The number of rotatable bonds is 5. The van der Waals surface area contributed by atoms with E-state index in [2.05, 4.69) is 11.9 Å². The molecule has 0 unspecified atom stereocenters. The van der Waals surface area contributed by atoms with Gasteiger partial charge in [0.05, 0.1) is 5.41 Å². The number of carbonyl (C=O) groups excluding carboxylic acids is 1. The summed E-state index contributed by atoms with van der Waals surface area (Å²) in [5.74, 6) is 0. The second-order valence-electron chi connectivity index (χ2n) is 3.36. The molecule has 1 aromatic carbocycles. The van der Waals surface area contributed by atoms with Crippen molar-refractivity contribution in [1.29, 1.82) is 0 Å². The van der Waals surface area contributed by atoms with Gasteiger partial charge in [-0.3, -0.25) is 0 Å². The Kier molecular flexibility index (Phi) is 5.13. The van der Waals surface area contributed by atoms with Crippen LogP contribution in [-0.2, 0) is 10.0 Å². The van der Waals surface area contributed by atoms with Crippen molar-refractivity contribution < 1.29 is 13.2 Å². The van der Waals surface area contributed by atoms with Crippen molar-refractivity contribution in [2.24, 2.45) is 0 Å². The zero-order valence-corrected chi connectivity index (χ0v) is 10.5. The van der Waals surface area contributed by atoms with Gasteiger partial charge in [0.15, 0.2) is 0 Å². The molecule has 0 saturated carbocycles.